The number of nitrogens with zero attached hydrogens (tertiary/aromatic N) is 4. The van der Waals surface area contributed by atoms with Crippen LogP contribution in [0.3, 0.4) is 0 Å². The quantitative estimate of drug-likeness (QED) is 0.426. The van der Waals surface area contributed by atoms with Crippen LogP contribution in [0.5, 0.6) is 5.75 Å². The number of H-pyrrole nitrogens is 1. The van der Waals surface area contributed by atoms with Crippen LogP contribution in [0, 0.1) is 0 Å². The van der Waals surface area contributed by atoms with Gasteiger partial charge in [0.15, 0.2) is 0 Å². The van der Waals surface area contributed by atoms with Crippen LogP contribution in [0.2, 0.25) is 0 Å². The van der Waals surface area contributed by atoms with Crippen molar-refractivity contribution in [2.24, 2.45) is 0 Å². The summed E-state index contributed by atoms with van der Waals surface area (Å²) < 4.78 is 13.2. The third-order valence-electron chi connectivity index (χ3n) is 5.91. The number of methoxy groups -OCH3 is 1. The number of hydrogen-bond acceptors (Lipinski definition) is 7. The van der Waals surface area contributed by atoms with Crippen molar-refractivity contribution in [3.05, 3.63) is 77.4 Å². The highest BCUT2D eigenvalue weighted by Gasteiger charge is 2.32. The van der Waals surface area contributed by atoms with Gasteiger partial charge in [0.2, 0.25) is 5.95 Å². The number of ether oxygens (including phenoxy) is 2. The van der Waals surface area contributed by atoms with E-state index < -0.39 is 0 Å². The molecule has 1 aliphatic heterocycles. The Hall–Kier alpha value is -3.49. The Morgan fingerprint density at radius 1 is 1.09 bits per heavy atom. The zero-order valence-electron chi connectivity index (χ0n) is 17.4. The van der Waals surface area contributed by atoms with Gasteiger partial charge in [-0.1, -0.05) is 24.3 Å². The molecule has 0 radical (unpaired) electrons. The highest BCUT2D eigenvalue weighted by Crippen LogP contribution is 2.37. The predicted molar refractivity (Wildman–Crippen MR) is 125 cm³/mol. The number of nitrogens with one attached hydrogen (secondary N) is 1. The summed E-state index contributed by atoms with van der Waals surface area (Å²) in [6.45, 7) is 1.31. The van der Waals surface area contributed by atoms with E-state index in [0.717, 1.165) is 43.9 Å². The summed E-state index contributed by atoms with van der Waals surface area (Å²) >= 11 is 1.65. The maximum Gasteiger partial charge on any atom is 0.226 e. The second-order valence-corrected chi connectivity index (χ2v) is 8.76. The van der Waals surface area contributed by atoms with E-state index in [0.29, 0.717) is 13.1 Å². The van der Waals surface area contributed by atoms with E-state index in [1.165, 1.54) is 0 Å². The van der Waals surface area contributed by atoms with Crippen LogP contribution < -0.4 is 9.64 Å². The van der Waals surface area contributed by atoms with Crippen LogP contribution in [0.1, 0.15) is 23.3 Å². The minimum absolute atomic E-state index is 0.159. The first-order valence-electron chi connectivity index (χ1n) is 10.4. The molecule has 2 aromatic carbocycles. The summed E-state index contributed by atoms with van der Waals surface area (Å²) in [7, 11) is 1.68. The molecule has 2 atom stereocenters. The molecule has 32 heavy (non-hydrogen) atoms. The van der Waals surface area contributed by atoms with Crippen molar-refractivity contribution in [2.45, 2.75) is 12.2 Å². The Morgan fingerprint density at radius 3 is 2.94 bits per heavy atom. The SMILES string of the molecule is COc1cccc(C2CN(c3ncc4sccc4n3)CC(c3cccc4[nH]ncc34)O2)c1. The van der Waals surface area contributed by atoms with Crippen molar-refractivity contribution in [3.63, 3.8) is 0 Å². The molecule has 4 heterocycles. The van der Waals surface area contributed by atoms with E-state index in [9.17, 15) is 0 Å². The number of thiophene rings is 1. The molecule has 3 aromatic heterocycles. The third-order valence-corrected chi connectivity index (χ3v) is 6.75. The normalized spacial score (nSPS) is 19.0. The molecule has 0 saturated carbocycles. The molecule has 160 valence electrons. The van der Waals surface area contributed by atoms with Gasteiger partial charge in [0.25, 0.3) is 0 Å². The van der Waals surface area contributed by atoms with Gasteiger partial charge in [-0.15, -0.1) is 11.3 Å². The molecule has 2 unspecified atom stereocenters. The van der Waals surface area contributed by atoms with E-state index in [-0.39, 0.29) is 12.2 Å². The summed E-state index contributed by atoms with van der Waals surface area (Å²) in [5, 5.41) is 10.4. The molecule has 1 fully saturated rings. The van der Waals surface area contributed by atoms with E-state index in [4.69, 9.17) is 14.5 Å². The van der Waals surface area contributed by atoms with Gasteiger partial charge >= 0.3 is 0 Å². The van der Waals surface area contributed by atoms with E-state index >= 15 is 0 Å². The molecule has 0 spiro atoms. The summed E-state index contributed by atoms with van der Waals surface area (Å²) in [5.41, 5.74) is 4.13. The summed E-state index contributed by atoms with van der Waals surface area (Å²) in [5.74, 6) is 1.53. The van der Waals surface area contributed by atoms with Gasteiger partial charge in [-0.2, -0.15) is 5.10 Å². The zero-order chi connectivity index (χ0) is 21.5. The smallest absolute Gasteiger partial charge is 0.226 e. The highest BCUT2D eigenvalue weighted by molar-refractivity contribution is 7.17. The number of benzene rings is 2. The molecule has 8 heteroatoms. The van der Waals surface area contributed by atoms with Gasteiger partial charge in [0.1, 0.15) is 18.0 Å². The fraction of sp³-hybridized carbons (Fsp3) is 0.208. The number of aromatic amines is 1. The van der Waals surface area contributed by atoms with Gasteiger partial charge < -0.3 is 14.4 Å². The van der Waals surface area contributed by atoms with Crippen molar-refractivity contribution in [2.75, 3.05) is 25.1 Å². The Kier molecular flexibility index (Phi) is 4.74. The van der Waals surface area contributed by atoms with Crippen LogP contribution in [0.4, 0.5) is 5.95 Å². The second-order valence-electron chi connectivity index (χ2n) is 7.81. The Balaban J connectivity index is 1.42. The van der Waals surface area contributed by atoms with Gasteiger partial charge in [0.05, 0.1) is 48.3 Å². The molecule has 1 saturated heterocycles. The Bertz CT molecular complexity index is 1400. The Morgan fingerprint density at radius 2 is 2.00 bits per heavy atom. The van der Waals surface area contributed by atoms with Gasteiger partial charge in [-0.3, -0.25) is 5.10 Å². The molecular weight excluding hydrogens is 422 g/mol. The monoisotopic (exact) mass is 443 g/mol. The minimum atomic E-state index is -0.164. The molecule has 6 rings (SSSR count). The zero-order valence-corrected chi connectivity index (χ0v) is 18.2. The second kappa shape index (κ2) is 7.89. The fourth-order valence-electron chi connectivity index (χ4n) is 4.30. The van der Waals surface area contributed by atoms with Crippen LogP contribution in [-0.2, 0) is 4.74 Å². The molecule has 0 aliphatic carbocycles. The third kappa shape index (κ3) is 3.37. The summed E-state index contributed by atoms with van der Waals surface area (Å²) in [6, 6.07) is 16.3. The largest absolute Gasteiger partial charge is 0.497 e. The predicted octanol–water partition coefficient (Wildman–Crippen LogP) is 4.90. The number of fused-ring (bicyclic) bond motifs is 2. The molecular formula is C24H21N5O2S. The minimum Gasteiger partial charge on any atom is -0.497 e. The molecule has 0 amide bonds. The van der Waals surface area contributed by atoms with Crippen LogP contribution >= 0.6 is 11.3 Å². The standard InChI is InChI=1S/C24H21N5O2S/c1-30-16-5-2-4-15(10-16)21-13-29(24-25-12-23-20(27-24)8-9-32-23)14-22(31-21)17-6-3-7-19-18(17)11-26-28-19/h2-12,21-22H,13-14H2,1H3,(H,26,28). The van der Waals surface area contributed by atoms with Crippen molar-refractivity contribution in [1.82, 2.24) is 20.2 Å². The van der Waals surface area contributed by atoms with Crippen LogP contribution in [0.15, 0.2) is 66.3 Å². The first-order chi connectivity index (χ1) is 15.8. The van der Waals surface area contributed by atoms with Crippen LogP contribution in [-0.4, -0.2) is 40.4 Å². The molecule has 1 N–H and O–H groups in total. The number of aromatic nitrogens is 4. The van der Waals surface area contributed by atoms with E-state index in [1.54, 1.807) is 18.4 Å². The lowest BCUT2D eigenvalue weighted by Crippen LogP contribution is -2.41. The van der Waals surface area contributed by atoms with Crippen molar-refractivity contribution in [3.8, 4) is 5.75 Å². The summed E-state index contributed by atoms with van der Waals surface area (Å²) in [4.78, 5) is 11.7. The number of morpholine rings is 1. The average Bonchev–Trinajstić information content (AvgIpc) is 3.52. The average molecular weight is 444 g/mol. The van der Waals surface area contributed by atoms with E-state index in [2.05, 4.69) is 32.2 Å². The lowest BCUT2D eigenvalue weighted by atomic mass is 10.0. The summed E-state index contributed by atoms with van der Waals surface area (Å²) in [6.07, 6.45) is 3.45. The highest BCUT2D eigenvalue weighted by atomic mass is 32.1. The first-order valence-corrected chi connectivity index (χ1v) is 11.3. The molecule has 0 bridgehead atoms. The number of rotatable bonds is 4. The van der Waals surface area contributed by atoms with E-state index in [1.807, 2.05) is 54.2 Å². The lowest BCUT2D eigenvalue weighted by molar-refractivity contribution is -0.0291. The van der Waals surface area contributed by atoms with Crippen molar-refractivity contribution >= 4 is 38.4 Å². The maximum absolute atomic E-state index is 6.67. The number of anilines is 1. The maximum atomic E-state index is 6.67. The molecule has 7 nitrogen and oxygen atoms in total. The Labute approximate surface area is 188 Å². The van der Waals surface area contributed by atoms with Gasteiger partial charge in [-0.05, 0) is 40.8 Å². The van der Waals surface area contributed by atoms with Gasteiger partial charge in [0, 0.05) is 5.39 Å². The number of hydrogen-bond donors (Lipinski definition) is 1. The van der Waals surface area contributed by atoms with Crippen molar-refractivity contribution < 1.29 is 9.47 Å². The topological polar surface area (TPSA) is 76.2 Å². The molecule has 1 aliphatic rings. The lowest BCUT2D eigenvalue weighted by Gasteiger charge is -2.38. The fourth-order valence-corrected chi connectivity index (χ4v) is 4.99. The van der Waals surface area contributed by atoms with Gasteiger partial charge in [-0.25, -0.2) is 9.97 Å². The first kappa shape index (κ1) is 19.2. The van der Waals surface area contributed by atoms with Crippen LogP contribution in [0.25, 0.3) is 21.1 Å². The molecule has 5 aromatic rings. The van der Waals surface area contributed by atoms with Crippen molar-refractivity contribution in [1.29, 1.82) is 0 Å².